The zero-order valence-electron chi connectivity index (χ0n) is 21.2. The molecule has 0 spiro atoms. The van der Waals surface area contributed by atoms with Crippen molar-refractivity contribution in [1.29, 1.82) is 0 Å². The molecule has 0 radical (unpaired) electrons. The van der Waals surface area contributed by atoms with Gasteiger partial charge in [0.2, 0.25) is 0 Å². The van der Waals surface area contributed by atoms with E-state index < -0.39 is 0 Å². The van der Waals surface area contributed by atoms with E-state index in [4.69, 9.17) is 0 Å². The van der Waals surface area contributed by atoms with Crippen molar-refractivity contribution < 1.29 is 5.11 Å². The summed E-state index contributed by atoms with van der Waals surface area (Å²) in [6.45, 7) is 12.6. The van der Waals surface area contributed by atoms with Gasteiger partial charge < -0.3 is 14.9 Å². The molecule has 1 aromatic heterocycles. The Balaban J connectivity index is 1.82. The van der Waals surface area contributed by atoms with E-state index in [2.05, 4.69) is 96.2 Å². The highest BCUT2D eigenvalue weighted by atomic mass is 16.3. The first-order valence-electron chi connectivity index (χ1n) is 12.6. The van der Waals surface area contributed by atoms with E-state index in [1.807, 2.05) is 24.4 Å². The molecule has 0 aliphatic rings. The maximum Gasteiger partial charge on any atom is 0.124 e. The minimum atomic E-state index is -0.0279. The molecule has 2 N–H and O–H groups in total. The molecule has 4 rings (SSSR count). The summed E-state index contributed by atoms with van der Waals surface area (Å²) in [5.41, 5.74) is 7.46. The van der Waals surface area contributed by atoms with Gasteiger partial charge in [0.25, 0.3) is 0 Å². The third kappa shape index (κ3) is 5.04. The van der Waals surface area contributed by atoms with Gasteiger partial charge in [0, 0.05) is 54.6 Å². The summed E-state index contributed by atoms with van der Waals surface area (Å²) in [4.78, 5) is 4.70. The standard InChI is InChI=1S/C30H36N4O/c1-5-33(6-2)24-17-13-22(14-18-24)29(23-15-19-25(20-16-23)34(7-3)8-4)27-21-31-32-30(27)26-11-9-10-12-28(26)35/h9-21,29,35H,5-8H2,1-4H3,(H,31,32). The fourth-order valence-electron chi connectivity index (χ4n) is 4.90. The van der Waals surface area contributed by atoms with Crippen LogP contribution in [0.25, 0.3) is 11.3 Å². The number of hydrogen-bond acceptors (Lipinski definition) is 4. The summed E-state index contributed by atoms with van der Waals surface area (Å²) < 4.78 is 0. The first kappa shape index (κ1) is 24.4. The molecule has 0 saturated heterocycles. The molecule has 0 saturated carbocycles. The number of rotatable bonds is 10. The zero-order valence-corrected chi connectivity index (χ0v) is 21.2. The third-order valence-electron chi connectivity index (χ3n) is 6.86. The number of aromatic hydroxyl groups is 1. The Labute approximate surface area is 209 Å². The van der Waals surface area contributed by atoms with E-state index in [1.165, 1.54) is 22.5 Å². The fraction of sp³-hybridized carbons (Fsp3) is 0.300. The van der Waals surface area contributed by atoms with Crippen LogP contribution in [0.3, 0.4) is 0 Å². The van der Waals surface area contributed by atoms with Gasteiger partial charge in [-0.3, -0.25) is 5.10 Å². The number of aromatic amines is 1. The van der Waals surface area contributed by atoms with Gasteiger partial charge in [0.05, 0.1) is 11.9 Å². The maximum absolute atomic E-state index is 10.6. The molecule has 182 valence electrons. The van der Waals surface area contributed by atoms with E-state index in [9.17, 15) is 5.11 Å². The summed E-state index contributed by atoms with van der Waals surface area (Å²) in [7, 11) is 0. The lowest BCUT2D eigenvalue weighted by molar-refractivity contribution is 0.477. The van der Waals surface area contributed by atoms with E-state index >= 15 is 0 Å². The highest BCUT2D eigenvalue weighted by Crippen LogP contribution is 2.40. The summed E-state index contributed by atoms with van der Waals surface area (Å²) in [6, 6.07) is 25.1. The Morgan fingerprint density at radius 1 is 0.714 bits per heavy atom. The molecule has 4 aromatic rings. The van der Waals surface area contributed by atoms with Crippen LogP contribution < -0.4 is 9.80 Å². The maximum atomic E-state index is 10.6. The number of anilines is 2. The number of phenols is 1. The van der Waals surface area contributed by atoms with Crippen molar-refractivity contribution in [3.05, 3.63) is 95.7 Å². The van der Waals surface area contributed by atoms with Crippen molar-refractivity contribution >= 4 is 11.4 Å². The Kier molecular flexibility index (Phi) is 7.76. The van der Waals surface area contributed by atoms with Gasteiger partial charge in [-0.25, -0.2) is 0 Å². The molecule has 0 unspecified atom stereocenters. The Hall–Kier alpha value is -3.73. The number of nitrogens with one attached hydrogen (secondary N) is 1. The summed E-state index contributed by atoms with van der Waals surface area (Å²) in [5.74, 6) is 0.213. The molecule has 0 aliphatic carbocycles. The fourth-order valence-corrected chi connectivity index (χ4v) is 4.90. The van der Waals surface area contributed by atoms with Crippen molar-refractivity contribution in [2.75, 3.05) is 36.0 Å². The van der Waals surface area contributed by atoms with Gasteiger partial charge in [-0.2, -0.15) is 5.10 Å². The molecule has 0 amide bonds. The average Bonchev–Trinajstić information content (AvgIpc) is 3.37. The van der Waals surface area contributed by atoms with Crippen LogP contribution in [0.2, 0.25) is 0 Å². The van der Waals surface area contributed by atoms with Crippen molar-refractivity contribution in [2.45, 2.75) is 33.6 Å². The van der Waals surface area contributed by atoms with Crippen LogP contribution in [0.5, 0.6) is 5.75 Å². The molecule has 35 heavy (non-hydrogen) atoms. The molecule has 0 bridgehead atoms. The normalized spacial score (nSPS) is 11.1. The number of H-pyrrole nitrogens is 1. The molecule has 5 heteroatoms. The van der Waals surface area contributed by atoms with E-state index in [0.29, 0.717) is 0 Å². The van der Waals surface area contributed by atoms with Gasteiger partial charge in [-0.05, 0) is 75.2 Å². The number of nitrogens with zero attached hydrogens (tertiary/aromatic N) is 3. The van der Waals surface area contributed by atoms with Crippen LogP contribution in [0.1, 0.15) is 50.3 Å². The molecule has 5 nitrogen and oxygen atoms in total. The number of hydrogen-bond donors (Lipinski definition) is 2. The van der Waals surface area contributed by atoms with Crippen LogP contribution in [0, 0.1) is 0 Å². The summed E-state index contributed by atoms with van der Waals surface area (Å²) >= 11 is 0. The van der Waals surface area contributed by atoms with E-state index in [-0.39, 0.29) is 11.7 Å². The Morgan fingerprint density at radius 3 is 1.66 bits per heavy atom. The van der Waals surface area contributed by atoms with Gasteiger partial charge in [-0.15, -0.1) is 0 Å². The molecule has 0 fully saturated rings. The van der Waals surface area contributed by atoms with E-state index in [0.717, 1.165) is 43.0 Å². The Bertz CT molecular complexity index is 1150. The minimum absolute atomic E-state index is 0.0279. The van der Waals surface area contributed by atoms with Crippen molar-refractivity contribution in [2.24, 2.45) is 0 Å². The van der Waals surface area contributed by atoms with Crippen LogP contribution in [-0.2, 0) is 0 Å². The predicted octanol–water partition coefficient (Wildman–Crippen LogP) is 6.65. The molecule has 0 atom stereocenters. The molecule has 1 heterocycles. The highest BCUT2D eigenvalue weighted by Gasteiger charge is 2.24. The quantitative estimate of drug-likeness (QED) is 0.273. The second-order valence-electron chi connectivity index (χ2n) is 8.68. The number of benzene rings is 3. The van der Waals surface area contributed by atoms with E-state index in [1.54, 1.807) is 6.07 Å². The van der Waals surface area contributed by atoms with Gasteiger partial charge >= 0.3 is 0 Å². The van der Waals surface area contributed by atoms with Crippen LogP contribution in [0.4, 0.5) is 11.4 Å². The SMILES string of the molecule is CCN(CC)c1ccc(C(c2ccc(N(CC)CC)cc2)c2cn[nH]c2-c2ccccc2O)cc1. The molecular weight excluding hydrogens is 432 g/mol. The lowest BCUT2D eigenvalue weighted by Gasteiger charge is -2.24. The van der Waals surface area contributed by atoms with Crippen LogP contribution in [-0.4, -0.2) is 41.5 Å². The molecule has 0 aliphatic heterocycles. The summed E-state index contributed by atoms with van der Waals surface area (Å²) in [5, 5.41) is 18.1. The summed E-state index contributed by atoms with van der Waals surface area (Å²) in [6.07, 6.45) is 1.89. The second-order valence-corrected chi connectivity index (χ2v) is 8.68. The lowest BCUT2D eigenvalue weighted by Crippen LogP contribution is -2.21. The first-order valence-corrected chi connectivity index (χ1v) is 12.6. The number of phenolic OH excluding ortho intramolecular Hbond substituents is 1. The topological polar surface area (TPSA) is 55.4 Å². The van der Waals surface area contributed by atoms with Gasteiger partial charge in [-0.1, -0.05) is 36.4 Å². The monoisotopic (exact) mass is 468 g/mol. The molecular formula is C30H36N4O. The molecule has 3 aromatic carbocycles. The van der Waals surface area contributed by atoms with Crippen molar-refractivity contribution in [3.63, 3.8) is 0 Å². The largest absolute Gasteiger partial charge is 0.507 e. The van der Waals surface area contributed by atoms with Gasteiger partial charge in [0.1, 0.15) is 5.75 Å². The van der Waals surface area contributed by atoms with Crippen molar-refractivity contribution in [1.82, 2.24) is 10.2 Å². The van der Waals surface area contributed by atoms with Crippen molar-refractivity contribution in [3.8, 4) is 17.0 Å². The highest BCUT2D eigenvalue weighted by molar-refractivity contribution is 5.71. The smallest absolute Gasteiger partial charge is 0.124 e. The second kappa shape index (κ2) is 11.1. The Morgan fingerprint density at radius 2 is 1.20 bits per heavy atom. The number of aromatic nitrogens is 2. The minimum Gasteiger partial charge on any atom is -0.507 e. The first-order chi connectivity index (χ1) is 17.1. The average molecular weight is 469 g/mol. The van der Waals surface area contributed by atoms with Gasteiger partial charge in [0.15, 0.2) is 0 Å². The lowest BCUT2D eigenvalue weighted by atomic mass is 9.84. The van der Waals surface area contributed by atoms with Crippen LogP contribution >= 0.6 is 0 Å². The van der Waals surface area contributed by atoms with Crippen LogP contribution in [0.15, 0.2) is 79.0 Å². The third-order valence-corrected chi connectivity index (χ3v) is 6.86. The zero-order chi connectivity index (χ0) is 24.8. The predicted molar refractivity (Wildman–Crippen MR) is 147 cm³/mol. The number of para-hydroxylation sites is 1.